The minimum Gasteiger partial charge on any atom is -0.422 e. The van der Waals surface area contributed by atoms with Crippen molar-refractivity contribution in [3.63, 3.8) is 0 Å². The van der Waals surface area contributed by atoms with Crippen molar-refractivity contribution in [3.8, 4) is 5.75 Å². The van der Waals surface area contributed by atoms with Crippen LogP contribution in [0.15, 0.2) is 24.3 Å². The molecule has 0 amide bonds. The van der Waals surface area contributed by atoms with Gasteiger partial charge in [-0.05, 0) is 12.1 Å². The maximum Gasteiger partial charge on any atom is 0.430 e. The molecule has 5 nitrogen and oxygen atoms in total. The molecule has 26 heavy (non-hydrogen) atoms. The van der Waals surface area contributed by atoms with E-state index in [1.54, 1.807) is 0 Å². The highest BCUT2D eigenvalue weighted by molar-refractivity contribution is 5.73. The molecule has 1 fully saturated rings. The first kappa shape index (κ1) is 20.5. The van der Waals surface area contributed by atoms with E-state index in [9.17, 15) is 36.2 Å². The van der Waals surface area contributed by atoms with E-state index in [1.165, 1.54) is 0 Å². The first-order valence-electron chi connectivity index (χ1n) is 7.53. The average molecular weight is 388 g/mol. The van der Waals surface area contributed by atoms with Crippen LogP contribution in [0.2, 0.25) is 0 Å². The fourth-order valence-electron chi connectivity index (χ4n) is 2.46. The largest absolute Gasteiger partial charge is 0.430 e. The summed E-state index contributed by atoms with van der Waals surface area (Å²) in [6, 6.07) is 2.38. The van der Waals surface area contributed by atoms with Gasteiger partial charge in [-0.2, -0.15) is 26.3 Å². The van der Waals surface area contributed by atoms with Gasteiger partial charge in [0.25, 0.3) is 5.60 Å². The first-order chi connectivity index (χ1) is 11.9. The number of carbonyl (C=O) groups is 1. The topological polar surface area (TPSA) is 60.2 Å². The number of esters is 1. The summed E-state index contributed by atoms with van der Waals surface area (Å²) in [4.78, 5) is 12.7. The summed E-state index contributed by atoms with van der Waals surface area (Å²) >= 11 is 0. The summed E-state index contributed by atoms with van der Waals surface area (Å²) in [5.41, 5.74) is -6.43. The molecular formula is C15H16F6NO4+. The van der Waals surface area contributed by atoms with E-state index in [1.807, 2.05) is 0 Å². The first-order valence-corrected chi connectivity index (χ1v) is 7.53. The highest BCUT2D eigenvalue weighted by atomic mass is 19.4. The predicted octanol–water partition coefficient (Wildman–Crippen LogP) is 0.819. The molecule has 2 N–H and O–H groups in total. The van der Waals surface area contributed by atoms with E-state index in [2.05, 4.69) is 0 Å². The number of rotatable bonds is 4. The summed E-state index contributed by atoms with van der Waals surface area (Å²) < 4.78 is 86.8. The quantitative estimate of drug-likeness (QED) is 0.456. The van der Waals surface area contributed by atoms with Gasteiger partial charge in [-0.15, -0.1) is 0 Å². The van der Waals surface area contributed by atoms with Crippen molar-refractivity contribution in [3.05, 3.63) is 29.8 Å². The van der Waals surface area contributed by atoms with Crippen LogP contribution in [0.1, 0.15) is 5.56 Å². The van der Waals surface area contributed by atoms with Gasteiger partial charge in [-0.1, -0.05) is 12.1 Å². The number of carbonyl (C=O) groups excluding carboxylic acids is 1. The molecule has 0 bridgehead atoms. The molecule has 1 aliphatic heterocycles. The molecular weight excluding hydrogens is 372 g/mol. The Labute approximate surface area is 144 Å². The maximum atomic E-state index is 12.8. The lowest BCUT2D eigenvalue weighted by Gasteiger charge is -2.32. The number of benzene rings is 1. The molecule has 0 atom stereocenters. The van der Waals surface area contributed by atoms with E-state index >= 15 is 0 Å². The second-order valence-electron chi connectivity index (χ2n) is 5.74. The Kier molecular flexibility index (Phi) is 5.83. The number of aliphatic hydroxyl groups is 1. The Bertz CT molecular complexity index is 609. The molecule has 0 aromatic heterocycles. The molecule has 1 heterocycles. The molecule has 2 rings (SSSR count). The van der Waals surface area contributed by atoms with Crippen LogP contribution in [0.5, 0.6) is 5.75 Å². The van der Waals surface area contributed by atoms with Crippen LogP contribution in [-0.4, -0.2) is 56.3 Å². The van der Waals surface area contributed by atoms with Crippen molar-refractivity contribution in [1.29, 1.82) is 0 Å². The molecule has 1 aromatic carbocycles. The zero-order valence-corrected chi connectivity index (χ0v) is 13.3. The number of halogens is 6. The van der Waals surface area contributed by atoms with Crippen molar-refractivity contribution in [1.82, 2.24) is 0 Å². The Morgan fingerprint density at radius 2 is 1.54 bits per heavy atom. The smallest absolute Gasteiger partial charge is 0.422 e. The van der Waals surface area contributed by atoms with Gasteiger partial charge in [-0.25, -0.2) is 4.79 Å². The summed E-state index contributed by atoms with van der Waals surface area (Å²) in [7, 11) is 0. The van der Waals surface area contributed by atoms with Crippen molar-refractivity contribution in [2.75, 3.05) is 32.8 Å². The molecule has 1 aromatic rings. The lowest BCUT2D eigenvalue weighted by atomic mass is 9.92. The van der Waals surface area contributed by atoms with Crippen LogP contribution in [0.3, 0.4) is 0 Å². The molecule has 0 unspecified atom stereocenters. The minimum atomic E-state index is -5.97. The predicted molar refractivity (Wildman–Crippen MR) is 74.5 cm³/mol. The lowest BCUT2D eigenvalue weighted by molar-refractivity contribution is -0.900. The fourth-order valence-corrected chi connectivity index (χ4v) is 2.46. The number of nitrogens with one attached hydrogen (secondary N) is 1. The molecule has 11 heteroatoms. The Morgan fingerprint density at radius 3 is 2.00 bits per heavy atom. The van der Waals surface area contributed by atoms with Gasteiger partial charge in [0, 0.05) is 5.56 Å². The zero-order valence-electron chi connectivity index (χ0n) is 13.3. The maximum absolute atomic E-state index is 12.8. The van der Waals surface area contributed by atoms with Gasteiger partial charge in [0.05, 0.1) is 13.2 Å². The highest BCUT2D eigenvalue weighted by Gasteiger charge is 2.71. The summed E-state index contributed by atoms with van der Waals surface area (Å²) in [5, 5.41) is 9.27. The Morgan fingerprint density at radius 1 is 1.04 bits per heavy atom. The van der Waals surface area contributed by atoms with Gasteiger partial charge in [-0.3, -0.25) is 0 Å². The third-order valence-corrected chi connectivity index (χ3v) is 3.92. The molecule has 0 radical (unpaired) electrons. The Balaban J connectivity index is 2.10. The van der Waals surface area contributed by atoms with Gasteiger partial charge >= 0.3 is 18.3 Å². The standard InChI is InChI=1S/C15H15F6NO4/c16-14(17,18)13(24,15(19,20)21)10-1-3-11(4-2-10)26-12(23)9-22-5-7-25-8-6-22/h1-4,24H,5-9H2/p+1. The highest BCUT2D eigenvalue weighted by Crippen LogP contribution is 2.50. The monoisotopic (exact) mass is 388 g/mol. The molecule has 0 spiro atoms. The minimum absolute atomic E-state index is 0.0137. The number of ether oxygens (including phenoxy) is 2. The molecule has 146 valence electrons. The number of hydrogen-bond donors (Lipinski definition) is 2. The van der Waals surface area contributed by atoms with E-state index < -0.39 is 29.5 Å². The number of quaternary nitrogens is 1. The van der Waals surface area contributed by atoms with Crippen LogP contribution in [0.25, 0.3) is 0 Å². The molecule has 0 saturated carbocycles. The van der Waals surface area contributed by atoms with Crippen LogP contribution < -0.4 is 9.64 Å². The van der Waals surface area contributed by atoms with Crippen LogP contribution in [-0.2, 0) is 15.1 Å². The summed E-state index contributed by atoms with van der Waals surface area (Å²) in [6.07, 6.45) is -11.9. The number of alkyl halides is 6. The van der Waals surface area contributed by atoms with Gasteiger partial charge in [0.15, 0.2) is 6.54 Å². The second-order valence-corrected chi connectivity index (χ2v) is 5.74. The zero-order chi connectivity index (χ0) is 19.6. The van der Waals surface area contributed by atoms with Crippen LogP contribution in [0.4, 0.5) is 26.3 Å². The SMILES string of the molecule is O=C(C[NH+]1CCOCC1)Oc1ccc(C(O)(C(F)(F)F)C(F)(F)F)cc1. The van der Waals surface area contributed by atoms with E-state index in [0.29, 0.717) is 38.4 Å². The molecule has 1 saturated heterocycles. The molecule has 0 aliphatic carbocycles. The molecule has 1 aliphatic rings. The third-order valence-electron chi connectivity index (χ3n) is 3.92. The van der Waals surface area contributed by atoms with Crippen molar-refractivity contribution >= 4 is 5.97 Å². The van der Waals surface area contributed by atoms with Crippen molar-refractivity contribution in [2.24, 2.45) is 0 Å². The van der Waals surface area contributed by atoms with Crippen LogP contribution in [0, 0.1) is 0 Å². The summed E-state index contributed by atoms with van der Waals surface area (Å²) in [5.74, 6) is -0.908. The number of hydrogen-bond acceptors (Lipinski definition) is 4. The fraction of sp³-hybridized carbons (Fsp3) is 0.533. The van der Waals surface area contributed by atoms with E-state index in [4.69, 9.17) is 9.47 Å². The Hall–Kier alpha value is -1.85. The average Bonchev–Trinajstić information content (AvgIpc) is 2.53. The second kappa shape index (κ2) is 7.41. The third kappa shape index (κ3) is 4.27. The summed E-state index contributed by atoms with van der Waals surface area (Å²) in [6.45, 7) is 2.10. The van der Waals surface area contributed by atoms with Gasteiger partial charge in [0.1, 0.15) is 18.8 Å². The van der Waals surface area contributed by atoms with E-state index in [0.717, 1.165) is 17.0 Å². The van der Waals surface area contributed by atoms with Crippen LogP contribution >= 0.6 is 0 Å². The van der Waals surface area contributed by atoms with E-state index in [-0.39, 0.29) is 12.3 Å². The normalized spacial score (nSPS) is 17.2. The van der Waals surface area contributed by atoms with Crippen molar-refractivity contribution < 1.29 is 50.6 Å². The van der Waals surface area contributed by atoms with Gasteiger partial charge in [0.2, 0.25) is 0 Å². The number of morpholine rings is 1. The van der Waals surface area contributed by atoms with Crippen molar-refractivity contribution in [2.45, 2.75) is 18.0 Å². The lowest BCUT2D eigenvalue weighted by Crippen LogP contribution is -3.15. The van der Waals surface area contributed by atoms with Gasteiger partial charge < -0.3 is 19.5 Å².